The molecule has 0 aromatic carbocycles. The van der Waals surface area contributed by atoms with Crippen molar-refractivity contribution < 1.29 is 27.6 Å². The minimum Gasteiger partial charge on any atom is -0.348 e. The highest BCUT2D eigenvalue weighted by Crippen LogP contribution is 2.65. The summed E-state index contributed by atoms with van der Waals surface area (Å²) in [5.74, 6) is -2.05. The summed E-state index contributed by atoms with van der Waals surface area (Å²) in [5, 5.41) is 5.11. The third kappa shape index (κ3) is 6.81. The Morgan fingerprint density at radius 3 is 2.38 bits per heavy atom. The van der Waals surface area contributed by atoms with Gasteiger partial charge in [0.2, 0.25) is 17.6 Å². The summed E-state index contributed by atoms with van der Waals surface area (Å²) < 4.78 is 22.7. The SMILES string of the molecule is C=CCC[C@H](NC(=O)[C@@H]1[C@@H]2[C@H](CN1C(=O)[C@@H](C)C1CCCCC1)C2(C)C)C(=O)C(=O)NCCS(C)(=O)=O. The molecule has 5 atom stereocenters. The number of nitrogens with one attached hydrogen (secondary N) is 2. The number of hydrogen-bond donors (Lipinski definition) is 2. The zero-order chi connectivity index (χ0) is 27.5. The summed E-state index contributed by atoms with van der Waals surface area (Å²) >= 11 is 0. The topological polar surface area (TPSA) is 130 Å². The van der Waals surface area contributed by atoms with E-state index in [9.17, 15) is 27.6 Å². The molecule has 37 heavy (non-hydrogen) atoms. The molecule has 1 aliphatic heterocycles. The Labute approximate surface area is 221 Å². The highest BCUT2D eigenvalue weighted by molar-refractivity contribution is 7.90. The van der Waals surface area contributed by atoms with Crippen molar-refractivity contribution in [3.8, 4) is 0 Å². The molecule has 2 saturated carbocycles. The molecular weight excluding hydrogens is 494 g/mol. The van der Waals surface area contributed by atoms with Gasteiger partial charge in [-0.25, -0.2) is 8.42 Å². The molecule has 3 amide bonds. The molecule has 9 nitrogen and oxygen atoms in total. The van der Waals surface area contributed by atoms with E-state index in [2.05, 4.69) is 31.1 Å². The molecule has 0 radical (unpaired) electrons. The third-order valence-electron chi connectivity index (χ3n) is 8.78. The van der Waals surface area contributed by atoms with E-state index in [0.29, 0.717) is 18.9 Å². The molecule has 3 aliphatic rings. The van der Waals surface area contributed by atoms with Gasteiger partial charge in [0.25, 0.3) is 5.91 Å². The number of rotatable bonds is 12. The molecule has 0 spiro atoms. The number of nitrogens with zero attached hydrogens (tertiary/aromatic N) is 1. The van der Waals surface area contributed by atoms with Gasteiger partial charge in [-0.1, -0.05) is 46.1 Å². The molecule has 0 aromatic heterocycles. The van der Waals surface area contributed by atoms with Gasteiger partial charge in [-0.3, -0.25) is 19.2 Å². The summed E-state index contributed by atoms with van der Waals surface area (Å²) in [7, 11) is -3.30. The van der Waals surface area contributed by atoms with Crippen LogP contribution in [-0.2, 0) is 29.0 Å². The molecule has 10 heteroatoms. The van der Waals surface area contributed by atoms with Crippen molar-refractivity contribution in [1.82, 2.24) is 15.5 Å². The van der Waals surface area contributed by atoms with E-state index in [1.807, 2.05) is 6.92 Å². The predicted molar refractivity (Wildman–Crippen MR) is 141 cm³/mol. The molecule has 0 aromatic rings. The van der Waals surface area contributed by atoms with E-state index in [4.69, 9.17) is 0 Å². The first-order chi connectivity index (χ1) is 17.3. The Balaban J connectivity index is 1.72. The number of ketones is 1. The maximum atomic E-state index is 13.6. The number of carbonyl (C=O) groups excluding carboxylic acids is 4. The fourth-order valence-corrected chi connectivity index (χ4v) is 6.79. The number of piperidine rings is 1. The van der Waals surface area contributed by atoms with Crippen LogP contribution < -0.4 is 10.6 Å². The Morgan fingerprint density at radius 2 is 1.78 bits per heavy atom. The number of allylic oxidation sites excluding steroid dienone is 1. The second kappa shape index (κ2) is 11.7. The normalized spacial score (nSPS) is 26.5. The molecule has 1 heterocycles. The van der Waals surface area contributed by atoms with Crippen molar-refractivity contribution in [3.63, 3.8) is 0 Å². The minimum absolute atomic E-state index is 0.00235. The lowest BCUT2D eigenvalue weighted by Gasteiger charge is -2.35. The molecule has 0 unspecified atom stereocenters. The van der Waals surface area contributed by atoms with Crippen molar-refractivity contribution in [2.45, 2.75) is 77.8 Å². The van der Waals surface area contributed by atoms with Crippen molar-refractivity contribution in [1.29, 1.82) is 0 Å². The lowest BCUT2D eigenvalue weighted by molar-refractivity contribution is -0.146. The molecular formula is C27H43N3O6S. The highest BCUT2D eigenvalue weighted by Gasteiger charge is 2.69. The number of fused-ring (bicyclic) bond motifs is 1. The minimum atomic E-state index is -3.30. The average molecular weight is 538 g/mol. The van der Waals surface area contributed by atoms with E-state index in [-0.39, 0.29) is 47.8 Å². The van der Waals surface area contributed by atoms with Crippen LogP contribution in [0.4, 0.5) is 0 Å². The highest BCUT2D eigenvalue weighted by atomic mass is 32.2. The molecule has 1 saturated heterocycles. The summed E-state index contributed by atoms with van der Waals surface area (Å²) in [6.45, 7) is 10.2. The quantitative estimate of drug-likeness (QED) is 0.289. The van der Waals surface area contributed by atoms with E-state index in [0.717, 1.165) is 31.9 Å². The van der Waals surface area contributed by atoms with Crippen LogP contribution >= 0.6 is 0 Å². The summed E-state index contributed by atoms with van der Waals surface area (Å²) in [5.41, 5.74) is -0.0729. The summed E-state index contributed by atoms with van der Waals surface area (Å²) in [6.07, 6.45) is 8.75. The monoisotopic (exact) mass is 537 g/mol. The van der Waals surface area contributed by atoms with E-state index >= 15 is 0 Å². The van der Waals surface area contributed by atoms with Gasteiger partial charge in [0.15, 0.2) is 0 Å². The van der Waals surface area contributed by atoms with Crippen LogP contribution in [0.1, 0.15) is 65.7 Å². The maximum Gasteiger partial charge on any atom is 0.289 e. The Kier molecular flexibility index (Phi) is 9.24. The van der Waals surface area contributed by atoms with Crippen molar-refractivity contribution >= 4 is 33.3 Å². The number of amides is 3. The number of likely N-dealkylation sites (tertiary alicyclic amines) is 1. The molecule has 208 valence electrons. The number of hydrogen-bond acceptors (Lipinski definition) is 6. The number of carbonyl (C=O) groups is 4. The summed E-state index contributed by atoms with van der Waals surface area (Å²) in [6, 6.07) is -1.76. The van der Waals surface area contributed by atoms with Gasteiger partial charge >= 0.3 is 0 Å². The lowest BCUT2D eigenvalue weighted by atomic mass is 9.80. The zero-order valence-electron chi connectivity index (χ0n) is 22.6. The fraction of sp³-hybridized carbons (Fsp3) is 0.778. The largest absolute Gasteiger partial charge is 0.348 e. The van der Waals surface area contributed by atoms with Gasteiger partial charge in [-0.2, -0.15) is 0 Å². The van der Waals surface area contributed by atoms with E-state index in [1.54, 1.807) is 11.0 Å². The van der Waals surface area contributed by atoms with Crippen LogP contribution in [0.25, 0.3) is 0 Å². The maximum absolute atomic E-state index is 13.6. The standard InChI is InChI=1S/C27H43N3O6S/c1-6-7-13-20(23(31)25(33)28-14-15-37(5,35)36)29-24(32)22-21-19(27(21,3)4)16-30(22)26(34)17(2)18-11-9-8-10-12-18/h6,17-22H,1,7-16H2,2-5H3,(H,28,33)(H,29,32)/t17-,19-,20-,21-,22-/m0/s1. The second-order valence-corrected chi connectivity index (χ2v) is 14.0. The van der Waals surface area contributed by atoms with Gasteiger partial charge in [-0.05, 0) is 48.9 Å². The van der Waals surface area contributed by atoms with E-state index < -0.39 is 39.5 Å². The van der Waals surface area contributed by atoms with Gasteiger partial charge in [-0.15, -0.1) is 6.58 Å². The first kappa shape index (κ1) is 29.3. The smallest absolute Gasteiger partial charge is 0.289 e. The van der Waals surface area contributed by atoms with Crippen molar-refractivity contribution in [2.24, 2.45) is 29.1 Å². The van der Waals surface area contributed by atoms with E-state index in [1.165, 1.54) is 6.42 Å². The predicted octanol–water partition coefficient (Wildman–Crippen LogP) is 1.87. The van der Waals surface area contributed by atoms with Crippen LogP contribution in [0.3, 0.4) is 0 Å². The number of sulfone groups is 1. The van der Waals surface area contributed by atoms with Crippen molar-refractivity contribution in [2.75, 3.05) is 25.1 Å². The van der Waals surface area contributed by atoms with Crippen LogP contribution in [0.5, 0.6) is 0 Å². The molecule has 2 N–H and O–H groups in total. The molecule has 2 aliphatic carbocycles. The first-order valence-electron chi connectivity index (χ1n) is 13.5. The number of Topliss-reactive ketones (excluding diaryl/α,β-unsaturated/α-hetero) is 1. The summed E-state index contributed by atoms with van der Waals surface area (Å²) in [4.78, 5) is 54.3. The Morgan fingerprint density at radius 1 is 1.14 bits per heavy atom. The van der Waals surface area contributed by atoms with Gasteiger partial charge < -0.3 is 15.5 Å². The zero-order valence-corrected chi connectivity index (χ0v) is 23.4. The third-order valence-corrected chi connectivity index (χ3v) is 9.73. The average Bonchev–Trinajstić information content (AvgIpc) is 3.18. The first-order valence-corrected chi connectivity index (χ1v) is 15.6. The van der Waals surface area contributed by atoms with Gasteiger partial charge in [0.05, 0.1) is 11.8 Å². The molecule has 3 rings (SSSR count). The lowest BCUT2D eigenvalue weighted by Crippen LogP contribution is -2.56. The molecule has 0 bridgehead atoms. The van der Waals surface area contributed by atoms with Gasteiger partial charge in [0.1, 0.15) is 15.9 Å². The second-order valence-electron chi connectivity index (χ2n) is 11.8. The molecule has 3 fully saturated rings. The Bertz CT molecular complexity index is 1020. The Hall–Kier alpha value is -2.23. The van der Waals surface area contributed by atoms with Crippen LogP contribution in [0.15, 0.2) is 12.7 Å². The van der Waals surface area contributed by atoms with Crippen LogP contribution in [0.2, 0.25) is 0 Å². The fourth-order valence-electron chi connectivity index (χ4n) is 6.32. The van der Waals surface area contributed by atoms with Crippen LogP contribution in [-0.4, -0.2) is 74.0 Å². The van der Waals surface area contributed by atoms with Crippen LogP contribution in [0, 0.1) is 29.1 Å². The van der Waals surface area contributed by atoms with Gasteiger partial charge in [0, 0.05) is 25.3 Å². The van der Waals surface area contributed by atoms with Crippen molar-refractivity contribution in [3.05, 3.63) is 12.7 Å².